The normalized spacial score (nSPS) is 12.1. The molecule has 0 fully saturated rings. The molecule has 7 heteroatoms. The molecule has 1 aromatic carbocycles. The van der Waals surface area contributed by atoms with Gasteiger partial charge in [-0.15, -0.1) is 11.6 Å². The van der Waals surface area contributed by atoms with Crippen LogP contribution < -0.4 is 0 Å². The van der Waals surface area contributed by atoms with E-state index in [0.29, 0.717) is 19.6 Å². The van der Waals surface area contributed by atoms with Crippen LogP contribution in [0, 0.1) is 5.82 Å². The average molecular weight is 310 g/mol. The van der Waals surface area contributed by atoms with E-state index in [-0.39, 0.29) is 16.3 Å². The highest BCUT2D eigenvalue weighted by molar-refractivity contribution is 7.89. The van der Waals surface area contributed by atoms with Gasteiger partial charge in [-0.3, -0.25) is 0 Å². The molecule has 4 nitrogen and oxygen atoms in total. The Kier molecular flexibility index (Phi) is 6.19. The maximum Gasteiger partial charge on any atom is 0.242 e. The zero-order valence-electron chi connectivity index (χ0n) is 10.9. The number of sulfonamides is 1. The van der Waals surface area contributed by atoms with Crippen LogP contribution in [0.1, 0.15) is 12.0 Å². The van der Waals surface area contributed by atoms with Gasteiger partial charge in [0.25, 0.3) is 0 Å². The molecule has 0 saturated heterocycles. The van der Waals surface area contributed by atoms with Gasteiger partial charge in [-0.2, -0.15) is 0 Å². The number of halogens is 2. The molecule has 1 rings (SSSR count). The quantitative estimate of drug-likeness (QED) is 0.573. The van der Waals surface area contributed by atoms with Crippen molar-refractivity contribution in [2.24, 2.45) is 0 Å². The molecule has 0 aliphatic rings. The Balaban J connectivity index is 2.93. The Morgan fingerprint density at radius 3 is 2.68 bits per heavy atom. The maximum absolute atomic E-state index is 13.3. The summed E-state index contributed by atoms with van der Waals surface area (Å²) in [5.41, 5.74) is 0.174. The Labute approximate surface area is 118 Å². The van der Waals surface area contributed by atoms with Crippen LogP contribution in [0.15, 0.2) is 23.1 Å². The van der Waals surface area contributed by atoms with Gasteiger partial charge in [0.05, 0.1) is 10.8 Å². The second-order valence-electron chi connectivity index (χ2n) is 4.06. The molecule has 0 saturated carbocycles. The maximum atomic E-state index is 13.3. The van der Waals surface area contributed by atoms with Crippen molar-refractivity contribution in [3.8, 4) is 0 Å². The average Bonchev–Trinajstić information content (AvgIpc) is 2.39. The first-order valence-electron chi connectivity index (χ1n) is 5.73. The molecule has 0 unspecified atom stereocenters. The summed E-state index contributed by atoms with van der Waals surface area (Å²) in [5.74, 6) is -0.571. The number of hydrogen-bond donors (Lipinski definition) is 0. The third kappa shape index (κ3) is 4.14. The van der Waals surface area contributed by atoms with Crippen LogP contribution in [0.2, 0.25) is 0 Å². The third-order valence-corrected chi connectivity index (χ3v) is 4.83. The van der Waals surface area contributed by atoms with Crippen LogP contribution in [0.3, 0.4) is 0 Å². The summed E-state index contributed by atoms with van der Waals surface area (Å²) in [7, 11) is -0.579. The van der Waals surface area contributed by atoms with Crippen molar-refractivity contribution in [2.45, 2.75) is 17.2 Å². The van der Waals surface area contributed by atoms with Gasteiger partial charge in [0.2, 0.25) is 10.0 Å². The van der Waals surface area contributed by atoms with E-state index in [1.54, 1.807) is 7.11 Å². The largest absolute Gasteiger partial charge is 0.385 e. The summed E-state index contributed by atoms with van der Waals surface area (Å²) in [6, 6.07) is 3.63. The topological polar surface area (TPSA) is 46.6 Å². The highest BCUT2D eigenvalue weighted by Crippen LogP contribution is 2.19. The Bertz CT molecular complexity index is 522. The first kappa shape index (κ1) is 16.4. The van der Waals surface area contributed by atoms with E-state index in [1.165, 1.54) is 23.5 Å². The number of alkyl halides is 1. The lowest BCUT2D eigenvalue weighted by Gasteiger charge is -2.17. The third-order valence-electron chi connectivity index (χ3n) is 2.69. The molecule has 0 radical (unpaired) electrons. The summed E-state index contributed by atoms with van der Waals surface area (Å²) < 4.78 is 43.8. The van der Waals surface area contributed by atoms with Crippen molar-refractivity contribution in [1.82, 2.24) is 4.31 Å². The van der Waals surface area contributed by atoms with Crippen LogP contribution in [0.25, 0.3) is 0 Å². The van der Waals surface area contributed by atoms with E-state index in [9.17, 15) is 12.8 Å². The van der Waals surface area contributed by atoms with Crippen molar-refractivity contribution in [2.75, 3.05) is 27.3 Å². The number of rotatable bonds is 7. The number of benzene rings is 1. The van der Waals surface area contributed by atoms with Crippen LogP contribution >= 0.6 is 11.6 Å². The van der Waals surface area contributed by atoms with E-state index < -0.39 is 15.8 Å². The van der Waals surface area contributed by atoms with Gasteiger partial charge in [-0.05, 0) is 24.6 Å². The molecule has 108 valence electrons. The van der Waals surface area contributed by atoms with Gasteiger partial charge in [0, 0.05) is 32.9 Å². The zero-order valence-corrected chi connectivity index (χ0v) is 12.5. The van der Waals surface area contributed by atoms with Crippen molar-refractivity contribution >= 4 is 21.6 Å². The second kappa shape index (κ2) is 7.19. The van der Waals surface area contributed by atoms with Crippen molar-refractivity contribution in [3.63, 3.8) is 0 Å². The molecule has 19 heavy (non-hydrogen) atoms. The monoisotopic (exact) mass is 309 g/mol. The molecule has 0 atom stereocenters. The molecular weight excluding hydrogens is 293 g/mol. The van der Waals surface area contributed by atoms with Crippen LogP contribution in [0.5, 0.6) is 0 Å². The van der Waals surface area contributed by atoms with Crippen LogP contribution in [-0.4, -0.2) is 40.0 Å². The standard InChI is InChI=1S/C12H17ClFNO3S/c1-15(6-3-7-18-2)19(16,17)11-4-5-12(14)10(8-11)9-13/h4-5,8H,3,6-7,9H2,1-2H3. The lowest BCUT2D eigenvalue weighted by Crippen LogP contribution is -2.28. The van der Waals surface area contributed by atoms with E-state index in [4.69, 9.17) is 16.3 Å². The molecule has 0 aliphatic carbocycles. The summed E-state index contributed by atoms with van der Waals surface area (Å²) in [6.45, 7) is 0.819. The smallest absolute Gasteiger partial charge is 0.242 e. The van der Waals surface area contributed by atoms with Crippen LogP contribution in [0.4, 0.5) is 4.39 Å². The molecule has 0 aliphatic heterocycles. The predicted octanol–water partition coefficient (Wildman–Crippen LogP) is 2.22. The van der Waals surface area contributed by atoms with Gasteiger partial charge in [0.1, 0.15) is 5.82 Å². The fourth-order valence-corrected chi connectivity index (χ4v) is 3.01. The van der Waals surface area contributed by atoms with Gasteiger partial charge in [-0.25, -0.2) is 17.1 Å². The van der Waals surface area contributed by atoms with Gasteiger partial charge in [-0.1, -0.05) is 0 Å². The van der Waals surface area contributed by atoms with Crippen molar-refractivity contribution in [3.05, 3.63) is 29.6 Å². The summed E-state index contributed by atoms with van der Waals surface area (Å²) in [4.78, 5) is 0.0458. The second-order valence-corrected chi connectivity index (χ2v) is 6.37. The molecule has 0 spiro atoms. The van der Waals surface area contributed by atoms with E-state index in [0.717, 1.165) is 6.07 Å². The number of nitrogens with zero attached hydrogens (tertiary/aromatic N) is 1. The van der Waals surface area contributed by atoms with E-state index >= 15 is 0 Å². The minimum absolute atomic E-state index is 0.0458. The van der Waals surface area contributed by atoms with Gasteiger partial charge < -0.3 is 4.74 Å². The Hall–Kier alpha value is -0.690. The van der Waals surface area contributed by atoms with Gasteiger partial charge >= 0.3 is 0 Å². The highest BCUT2D eigenvalue weighted by Gasteiger charge is 2.21. The lowest BCUT2D eigenvalue weighted by atomic mass is 10.2. The number of methoxy groups -OCH3 is 1. The predicted molar refractivity (Wildman–Crippen MR) is 72.3 cm³/mol. The van der Waals surface area contributed by atoms with Crippen LogP contribution in [-0.2, 0) is 20.6 Å². The Morgan fingerprint density at radius 1 is 1.42 bits per heavy atom. The summed E-state index contributed by atoms with van der Waals surface area (Å²) in [6.07, 6.45) is 0.593. The molecule has 1 aromatic rings. The highest BCUT2D eigenvalue weighted by atomic mass is 35.5. The first-order chi connectivity index (χ1) is 8.93. The molecule has 0 heterocycles. The minimum Gasteiger partial charge on any atom is -0.385 e. The van der Waals surface area contributed by atoms with Crippen molar-refractivity contribution < 1.29 is 17.5 Å². The van der Waals surface area contributed by atoms with Gasteiger partial charge in [0.15, 0.2) is 0 Å². The van der Waals surface area contributed by atoms with E-state index in [1.807, 2.05) is 0 Å². The summed E-state index contributed by atoms with van der Waals surface area (Å²) in [5, 5.41) is 0. The van der Waals surface area contributed by atoms with E-state index in [2.05, 4.69) is 0 Å². The fraction of sp³-hybridized carbons (Fsp3) is 0.500. The zero-order chi connectivity index (χ0) is 14.5. The molecule has 0 bridgehead atoms. The Morgan fingerprint density at radius 2 is 2.11 bits per heavy atom. The molecule has 0 amide bonds. The molecular formula is C12H17ClFNO3S. The summed E-state index contributed by atoms with van der Waals surface area (Å²) >= 11 is 5.57. The number of hydrogen-bond acceptors (Lipinski definition) is 3. The number of ether oxygens (including phenoxy) is 1. The fourth-order valence-electron chi connectivity index (χ4n) is 1.55. The molecule has 0 N–H and O–H groups in total. The minimum atomic E-state index is -3.62. The molecule has 0 aromatic heterocycles. The first-order valence-corrected chi connectivity index (χ1v) is 7.70. The SMILES string of the molecule is COCCCN(C)S(=O)(=O)c1ccc(F)c(CCl)c1. The van der Waals surface area contributed by atoms with Crippen molar-refractivity contribution in [1.29, 1.82) is 0 Å². The lowest BCUT2D eigenvalue weighted by molar-refractivity contribution is 0.189.